The third kappa shape index (κ3) is 2.19. The van der Waals surface area contributed by atoms with Crippen LogP contribution in [0.3, 0.4) is 0 Å². The maximum atomic E-state index is 6.27. The van der Waals surface area contributed by atoms with Gasteiger partial charge >= 0.3 is 0 Å². The van der Waals surface area contributed by atoms with Gasteiger partial charge < -0.3 is 0 Å². The first-order valence-electron chi connectivity index (χ1n) is 5.38. The molecule has 3 rings (SSSR count). The molecule has 1 nitrogen and oxygen atoms in total. The van der Waals surface area contributed by atoms with Gasteiger partial charge in [-0.25, -0.2) is 4.98 Å². The number of rotatable bonds is 2. The largest absolute Gasteiger partial charge is 0.245 e. The summed E-state index contributed by atoms with van der Waals surface area (Å²) in [5, 5.41) is 0.798. The summed E-state index contributed by atoms with van der Waals surface area (Å²) < 4.78 is 1.19. The molecule has 0 bridgehead atoms. The van der Waals surface area contributed by atoms with Crippen LogP contribution in [0.15, 0.2) is 48.0 Å². The first kappa shape index (κ1) is 10.8. The third-order valence-corrected chi connectivity index (χ3v) is 3.88. The van der Waals surface area contributed by atoms with Crippen LogP contribution in [-0.2, 0) is 6.42 Å². The zero-order valence-corrected chi connectivity index (χ0v) is 10.6. The fourth-order valence-electron chi connectivity index (χ4n) is 1.87. The smallest absolute Gasteiger partial charge is 0.0827 e. The van der Waals surface area contributed by atoms with Gasteiger partial charge in [0.2, 0.25) is 0 Å². The van der Waals surface area contributed by atoms with E-state index in [-0.39, 0.29) is 0 Å². The molecule has 0 amide bonds. The lowest BCUT2D eigenvalue weighted by Crippen LogP contribution is -1.88. The lowest BCUT2D eigenvalue weighted by atomic mass is 10.0. The fraction of sp³-hybridized carbons (Fsp3) is 0.0714. The molecule has 0 radical (unpaired) electrons. The van der Waals surface area contributed by atoms with Crippen LogP contribution in [0.2, 0.25) is 5.02 Å². The number of aromatic nitrogens is 1. The average Bonchev–Trinajstić information content (AvgIpc) is 2.78. The van der Waals surface area contributed by atoms with Crippen LogP contribution in [0.4, 0.5) is 0 Å². The van der Waals surface area contributed by atoms with Gasteiger partial charge in [0.15, 0.2) is 0 Å². The Bertz CT molecular complexity index is 646. The minimum Gasteiger partial charge on any atom is -0.245 e. The topological polar surface area (TPSA) is 12.9 Å². The minimum atomic E-state index is 0.798. The number of thiazole rings is 1. The molecule has 0 aliphatic heterocycles. The Kier molecular flexibility index (Phi) is 2.83. The van der Waals surface area contributed by atoms with Crippen molar-refractivity contribution in [2.45, 2.75) is 6.42 Å². The molecule has 0 unspecified atom stereocenters. The Morgan fingerprint density at radius 1 is 1.12 bits per heavy atom. The highest BCUT2D eigenvalue weighted by Crippen LogP contribution is 2.27. The van der Waals surface area contributed by atoms with Crippen molar-refractivity contribution in [2.24, 2.45) is 0 Å². The summed E-state index contributed by atoms with van der Waals surface area (Å²) in [7, 11) is 0. The Morgan fingerprint density at radius 2 is 1.94 bits per heavy atom. The van der Waals surface area contributed by atoms with Crippen molar-refractivity contribution in [3.8, 4) is 0 Å². The fourth-order valence-corrected chi connectivity index (χ4v) is 2.82. The summed E-state index contributed by atoms with van der Waals surface area (Å²) in [5.41, 5.74) is 5.28. The summed E-state index contributed by atoms with van der Waals surface area (Å²) in [6.45, 7) is 0. The molecule has 0 fully saturated rings. The molecule has 0 spiro atoms. The van der Waals surface area contributed by atoms with Crippen LogP contribution in [0, 0.1) is 0 Å². The Hall–Kier alpha value is -1.38. The second-order valence-electron chi connectivity index (χ2n) is 3.93. The van der Waals surface area contributed by atoms with Gasteiger partial charge in [0.25, 0.3) is 0 Å². The van der Waals surface area contributed by atoms with Gasteiger partial charge in [-0.3, -0.25) is 0 Å². The lowest BCUT2D eigenvalue weighted by Gasteiger charge is -2.04. The van der Waals surface area contributed by atoms with Crippen molar-refractivity contribution >= 4 is 33.2 Å². The third-order valence-electron chi connectivity index (χ3n) is 2.74. The number of hydrogen-bond acceptors (Lipinski definition) is 2. The molecule has 0 aliphatic rings. The minimum absolute atomic E-state index is 0.798. The molecule has 0 aliphatic carbocycles. The quantitative estimate of drug-likeness (QED) is 0.658. The van der Waals surface area contributed by atoms with E-state index in [0.717, 1.165) is 22.5 Å². The van der Waals surface area contributed by atoms with Crippen molar-refractivity contribution in [1.29, 1.82) is 0 Å². The highest BCUT2D eigenvalue weighted by molar-refractivity contribution is 7.16. The Labute approximate surface area is 109 Å². The first-order valence-corrected chi connectivity index (χ1v) is 6.64. The summed E-state index contributed by atoms with van der Waals surface area (Å²) >= 11 is 7.93. The van der Waals surface area contributed by atoms with Gasteiger partial charge in [0.1, 0.15) is 0 Å². The van der Waals surface area contributed by atoms with E-state index in [4.69, 9.17) is 11.6 Å². The van der Waals surface area contributed by atoms with Crippen molar-refractivity contribution in [1.82, 2.24) is 4.98 Å². The molecule has 3 heteroatoms. The summed E-state index contributed by atoms with van der Waals surface area (Å²) in [5.74, 6) is 0. The van der Waals surface area contributed by atoms with E-state index in [0.29, 0.717) is 0 Å². The Morgan fingerprint density at radius 3 is 2.76 bits per heavy atom. The molecular formula is C14H10ClNS. The number of halogens is 1. The zero-order chi connectivity index (χ0) is 11.7. The highest BCUT2D eigenvalue weighted by atomic mass is 35.5. The van der Waals surface area contributed by atoms with E-state index in [2.05, 4.69) is 35.3 Å². The maximum absolute atomic E-state index is 6.27. The van der Waals surface area contributed by atoms with Crippen LogP contribution < -0.4 is 0 Å². The monoisotopic (exact) mass is 259 g/mol. The molecule has 0 saturated carbocycles. The first-order chi connectivity index (χ1) is 8.33. The Balaban J connectivity index is 2.02. The van der Waals surface area contributed by atoms with Crippen LogP contribution in [0.5, 0.6) is 0 Å². The molecule has 0 atom stereocenters. The van der Waals surface area contributed by atoms with E-state index in [1.807, 2.05) is 17.6 Å². The molecule has 84 valence electrons. The van der Waals surface area contributed by atoms with E-state index in [1.165, 1.54) is 10.3 Å². The van der Waals surface area contributed by atoms with Crippen molar-refractivity contribution in [3.63, 3.8) is 0 Å². The predicted octanol–water partition coefficient (Wildman–Crippen LogP) is 4.54. The molecule has 0 N–H and O–H groups in total. The van der Waals surface area contributed by atoms with Crippen LogP contribution in [0.25, 0.3) is 10.2 Å². The molecule has 3 aromatic rings. The normalized spacial score (nSPS) is 10.9. The van der Waals surface area contributed by atoms with Crippen LogP contribution in [-0.4, -0.2) is 4.98 Å². The molecular weight excluding hydrogens is 250 g/mol. The van der Waals surface area contributed by atoms with Crippen LogP contribution in [0.1, 0.15) is 11.1 Å². The van der Waals surface area contributed by atoms with Gasteiger partial charge in [-0.15, -0.1) is 11.3 Å². The van der Waals surface area contributed by atoms with Gasteiger partial charge in [-0.2, -0.15) is 0 Å². The van der Waals surface area contributed by atoms with E-state index >= 15 is 0 Å². The second-order valence-corrected chi connectivity index (χ2v) is 5.22. The van der Waals surface area contributed by atoms with E-state index < -0.39 is 0 Å². The summed E-state index contributed by atoms with van der Waals surface area (Å²) in [6, 6.07) is 14.5. The number of benzene rings is 2. The zero-order valence-electron chi connectivity index (χ0n) is 9.06. The van der Waals surface area contributed by atoms with Gasteiger partial charge in [0, 0.05) is 5.02 Å². The molecule has 1 aromatic heterocycles. The molecule has 2 aromatic carbocycles. The molecule has 1 heterocycles. The highest BCUT2D eigenvalue weighted by Gasteiger charge is 2.05. The van der Waals surface area contributed by atoms with Crippen molar-refractivity contribution < 1.29 is 0 Å². The van der Waals surface area contributed by atoms with Gasteiger partial charge in [-0.1, -0.05) is 41.9 Å². The predicted molar refractivity (Wildman–Crippen MR) is 73.9 cm³/mol. The lowest BCUT2D eigenvalue weighted by molar-refractivity contribution is 1.20. The number of hydrogen-bond donors (Lipinski definition) is 0. The van der Waals surface area contributed by atoms with E-state index in [9.17, 15) is 0 Å². The molecule has 0 saturated heterocycles. The SMILES string of the molecule is Clc1cc2ncsc2cc1Cc1ccccc1. The van der Waals surface area contributed by atoms with E-state index in [1.54, 1.807) is 11.3 Å². The van der Waals surface area contributed by atoms with Crippen molar-refractivity contribution in [2.75, 3.05) is 0 Å². The second kappa shape index (κ2) is 4.47. The summed E-state index contributed by atoms with van der Waals surface area (Å²) in [6.07, 6.45) is 0.869. The van der Waals surface area contributed by atoms with Gasteiger partial charge in [0.05, 0.1) is 15.7 Å². The molecule has 17 heavy (non-hydrogen) atoms. The summed E-state index contributed by atoms with van der Waals surface area (Å²) in [4.78, 5) is 4.26. The van der Waals surface area contributed by atoms with Gasteiger partial charge in [-0.05, 0) is 29.7 Å². The average molecular weight is 260 g/mol. The standard InChI is InChI=1S/C14H10ClNS/c15-12-8-13-14(17-9-16-13)7-11(12)6-10-4-2-1-3-5-10/h1-5,7-9H,6H2. The van der Waals surface area contributed by atoms with Crippen molar-refractivity contribution in [3.05, 3.63) is 64.1 Å². The number of fused-ring (bicyclic) bond motifs is 1. The maximum Gasteiger partial charge on any atom is 0.0827 e. The number of nitrogens with zero attached hydrogens (tertiary/aromatic N) is 1. The van der Waals surface area contributed by atoms with Crippen LogP contribution >= 0.6 is 22.9 Å².